The number of hydrogen-bond donors (Lipinski definition) is 1. The van der Waals surface area contributed by atoms with Crippen molar-refractivity contribution in [2.24, 2.45) is 0 Å². The zero-order chi connectivity index (χ0) is 15.2. The van der Waals surface area contributed by atoms with E-state index in [9.17, 15) is 0 Å². The van der Waals surface area contributed by atoms with Gasteiger partial charge < -0.3 is 10.2 Å². The van der Waals surface area contributed by atoms with Gasteiger partial charge in [-0.1, -0.05) is 48.9 Å². The Labute approximate surface area is 132 Å². The molecule has 2 rings (SSSR count). The number of benzene rings is 2. The molecule has 0 heterocycles. The number of hydrogen-bond acceptors (Lipinski definition) is 2. The first-order chi connectivity index (χ1) is 10.1. The third-order valence-electron chi connectivity index (χ3n) is 3.71. The minimum Gasteiger partial charge on any atom is -0.370 e. The van der Waals surface area contributed by atoms with Crippen LogP contribution >= 0.6 is 11.6 Å². The van der Waals surface area contributed by atoms with Crippen LogP contribution < -0.4 is 10.2 Å². The van der Waals surface area contributed by atoms with Crippen molar-refractivity contribution in [3.63, 3.8) is 0 Å². The normalized spacial score (nSPS) is 10.7. The van der Waals surface area contributed by atoms with Gasteiger partial charge in [-0.25, -0.2) is 0 Å². The fraction of sp³-hybridized carbons (Fsp3) is 0.333. The molecule has 0 atom stereocenters. The summed E-state index contributed by atoms with van der Waals surface area (Å²) in [5.74, 6) is 0. The fourth-order valence-corrected chi connectivity index (χ4v) is 2.55. The van der Waals surface area contributed by atoms with Crippen molar-refractivity contribution in [2.75, 3.05) is 18.5 Å². The first kappa shape index (κ1) is 15.9. The second-order valence-electron chi connectivity index (χ2n) is 5.34. The molecule has 0 fully saturated rings. The first-order valence-electron chi connectivity index (χ1n) is 7.36. The summed E-state index contributed by atoms with van der Waals surface area (Å²) < 4.78 is 0. The fourth-order valence-electron chi connectivity index (χ4n) is 2.31. The molecule has 2 aromatic carbocycles. The predicted molar refractivity (Wildman–Crippen MR) is 92.1 cm³/mol. The van der Waals surface area contributed by atoms with Crippen LogP contribution in [0.5, 0.6) is 0 Å². The Morgan fingerprint density at radius 1 is 1.10 bits per heavy atom. The van der Waals surface area contributed by atoms with E-state index in [1.54, 1.807) is 0 Å². The molecule has 0 saturated carbocycles. The van der Waals surface area contributed by atoms with Crippen molar-refractivity contribution in [1.29, 1.82) is 0 Å². The van der Waals surface area contributed by atoms with Crippen LogP contribution in [0.3, 0.4) is 0 Å². The van der Waals surface area contributed by atoms with Crippen LogP contribution in [-0.2, 0) is 13.1 Å². The zero-order valence-corrected chi connectivity index (χ0v) is 13.7. The van der Waals surface area contributed by atoms with Gasteiger partial charge in [-0.3, -0.25) is 0 Å². The Bertz CT molecular complexity index is 596. The Morgan fingerprint density at radius 2 is 1.86 bits per heavy atom. The maximum Gasteiger partial charge on any atom is 0.0471 e. The zero-order valence-electron chi connectivity index (χ0n) is 13.0. The van der Waals surface area contributed by atoms with E-state index in [0.29, 0.717) is 0 Å². The van der Waals surface area contributed by atoms with Crippen LogP contribution in [0, 0.1) is 6.92 Å². The van der Waals surface area contributed by atoms with E-state index in [4.69, 9.17) is 11.6 Å². The van der Waals surface area contributed by atoms with Gasteiger partial charge in [0.25, 0.3) is 0 Å². The summed E-state index contributed by atoms with van der Waals surface area (Å²) >= 11 is 6.38. The van der Waals surface area contributed by atoms with Gasteiger partial charge in [-0.05, 0) is 42.3 Å². The molecule has 112 valence electrons. The second-order valence-corrected chi connectivity index (χ2v) is 5.75. The molecule has 0 spiro atoms. The topological polar surface area (TPSA) is 15.3 Å². The maximum atomic E-state index is 6.38. The molecular formula is C18H23ClN2. The molecular weight excluding hydrogens is 280 g/mol. The van der Waals surface area contributed by atoms with E-state index in [0.717, 1.165) is 35.9 Å². The summed E-state index contributed by atoms with van der Waals surface area (Å²) in [5, 5.41) is 4.13. The van der Waals surface area contributed by atoms with Crippen LogP contribution in [0.15, 0.2) is 42.5 Å². The van der Waals surface area contributed by atoms with Gasteiger partial charge in [0.2, 0.25) is 0 Å². The van der Waals surface area contributed by atoms with Gasteiger partial charge in [0.1, 0.15) is 0 Å². The van der Waals surface area contributed by atoms with Crippen molar-refractivity contribution in [3.05, 3.63) is 64.2 Å². The highest BCUT2D eigenvalue weighted by atomic mass is 35.5. The number of nitrogens with zero attached hydrogens (tertiary/aromatic N) is 1. The molecule has 2 aromatic rings. The average molecular weight is 303 g/mol. The highest BCUT2D eigenvalue weighted by Crippen LogP contribution is 2.24. The number of halogens is 1. The third kappa shape index (κ3) is 4.23. The highest BCUT2D eigenvalue weighted by Gasteiger charge is 2.07. The standard InChI is InChI=1S/C18H23ClN2/c1-4-20-12-15-9-10-17(11-18(15)19)21(3)13-16-8-6-5-7-14(16)2/h5-11,20H,4,12-13H2,1-3H3. The smallest absolute Gasteiger partial charge is 0.0471 e. The summed E-state index contributed by atoms with van der Waals surface area (Å²) in [7, 11) is 2.10. The summed E-state index contributed by atoms with van der Waals surface area (Å²) in [6, 6.07) is 14.8. The third-order valence-corrected chi connectivity index (χ3v) is 4.06. The van der Waals surface area contributed by atoms with Crippen molar-refractivity contribution < 1.29 is 0 Å². The Hall–Kier alpha value is -1.51. The van der Waals surface area contributed by atoms with Crippen LogP contribution in [0.2, 0.25) is 5.02 Å². The van der Waals surface area contributed by atoms with Crippen LogP contribution in [0.4, 0.5) is 5.69 Å². The molecule has 3 heteroatoms. The molecule has 0 aliphatic heterocycles. The Kier molecular flexibility index (Phi) is 5.66. The Balaban J connectivity index is 2.11. The van der Waals surface area contributed by atoms with Crippen molar-refractivity contribution >= 4 is 17.3 Å². The van der Waals surface area contributed by atoms with Gasteiger partial charge in [0.05, 0.1) is 0 Å². The van der Waals surface area contributed by atoms with Gasteiger partial charge in [-0.2, -0.15) is 0 Å². The SMILES string of the molecule is CCNCc1ccc(N(C)Cc2ccccc2C)cc1Cl. The van der Waals surface area contributed by atoms with Crippen LogP contribution in [0.25, 0.3) is 0 Å². The molecule has 0 saturated heterocycles. The summed E-state index contributed by atoms with van der Waals surface area (Å²) in [4.78, 5) is 2.23. The van der Waals surface area contributed by atoms with Gasteiger partial charge in [-0.15, -0.1) is 0 Å². The Morgan fingerprint density at radius 3 is 2.52 bits per heavy atom. The number of rotatable bonds is 6. The van der Waals surface area contributed by atoms with E-state index < -0.39 is 0 Å². The average Bonchev–Trinajstić information content (AvgIpc) is 2.48. The second kappa shape index (κ2) is 7.48. The van der Waals surface area contributed by atoms with E-state index >= 15 is 0 Å². The molecule has 21 heavy (non-hydrogen) atoms. The molecule has 0 aliphatic carbocycles. The molecule has 0 amide bonds. The molecule has 0 bridgehead atoms. The van der Waals surface area contributed by atoms with E-state index in [1.165, 1.54) is 11.1 Å². The minimum atomic E-state index is 0.817. The van der Waals surface area contributed by atoms with E-state index in [1.807, 2.05) is 6.07 Å². The van der Waals surface area contributed by atoms with Crippen LogP contribution in [-0.4, -0.2) is 13.6 Å². The lowest BCUT2D eigenvalue weighted by molar-refractivity contribution is 0.727. The van der Waals surface area contributed by atoms with Gasteiger partial charge >= 0.3 is 0 Å². The predicted octanol–water partition coefficient (Wildman–Crippen LogP) is 4.39. The van der Waals surface area contributed by atoms with Crippen molar-refractivity contribution in [3.8, 4) is 0 Å². The number of aryl methyl sites for hydroxylation is 1. The molecule has 0 unspecified atom stereocenters. The lowest BCUT2D eigenvalue weighted by Crippen LogP contribution is -2.17. The number of nitrogens with one attached hydrogen (secondary N) is 1. The monoisotopic (exact) mass is 302 g/mol. The number of anilines is 1. The van der Waals surface area contributed by atoms with E-state index in [2.05, 4.69) is 67.5 Å². The first-order valence-corrected chi connectivity index (χ1v) is 7.74. The highest BCUT2D eigenvalue weighted by molar-refractivity contribution is 6.31. The van der Waals surface area contributed by atoms with E-state index in [-0.39, 0.29) is 0 Å². The summed E-state index contributed by atoms with van der Waals surface area (Å²) in [6.07, 6.45) is 0. The lowest BCUT2D eigenvalue weighted by atomic mass is 10.1. The van der Waals surface area contributed by atoms with Crippen molar-refractivity contribution in [2.45, 2.75) is 26.9 Å². The molecule has 0 aromatic heterocycles. The van der Waals surface area contributed by atoms with Gasteiger partial charge in [0.15, 0.2) is 0 Å². The minimum absolute atomic E-state index is 0.817. The summed E-state index contributed by atoms with van der Waals surface area (Å²) in [5.41, 5.74) is 4.95. The summed E-state index contributed by atoms with van der Waals surface area (Å²) in [6.45, 7) is 6.89. The lowest BCUT2D eigenvalue weighted by Gasteiger charge is -2.21. The molecule has 2 nitrogen and oxygen atoms in total. The quantitative estimate of drug-likeness (QED) is 0.851. The maximum absolute atomic E-state index is 6.38. The molecule has 0 radical (unpaired) electrons. The largest absolute Gasteiger partial charge is 0.370 e. The van der Waals surface area contributed by atoms with Gasteiger partial charge in [0, 0.05) is 30.8 Å². The molecule has 0 aliphatic rings. The van der Waals surface area contributed by atoms with Crippen molar-refractivity contribution in [1.82, 2.24) is 5.32 Å². The molecule has 1 N–H and O–H groups in total. The van der Waals surface area contributed by atoms with Crippen LogP contribution in [0.1, 0.15) is 23.6 Å².